The van der Waals surface area contributed by atoms with Crippen LogP contribution in [0.3, 0.4) is 0 Å². The smallest absolute Gasteiger partial charge is 0.230 e. The van der Waals surface area contributed by atoms with E-state index in [1.165, 1.54) is 0 Å². The first-order valence-corrected chi connectivity index (χ1v) is 8.60. The van der Waals surface area contributed by atoms with Crippen LogP contribution in [0.2, 0.25) is 0 Å². The van der Waals surface area contributed by atoms with E-state index in [-0.39, 0.29) is 18.6 Å². The maximum Gasteiger partial charge on any atom is 0.230 e. The van der Waals surface area contributed by atoms with Gasteiger partial charge in [0.25, 0.3) is 0 Å². The molecule has 4 heteroatoms. The third-order valence-corrected chi connectivity index (χ3v) is 5.08. The average molecular weight is 319 g/mol. The molecule has 1 aliphatic carbocycles. The fourth-order valence-corrected chi connectivity index (χ4v) is 3.56. The molecule has 128 valence electrons. The summed E-state index contributed by atoms with van der Waals surface area (Å²) in [6.45, 7) is 4.25. The highest BCUT2D eigenvalue weighted by molar-refractivity contribution is 5.89. The summed E-state index contributed by atoms with van der Waals surface area (Å²) in [5, 5.41) is 12.4. The molecule has 0 heterocycles. The van der Waals surface area contributed by atoms with E-state index in [9.17, 15) is 9.90 Å². The largest absolute Gasteiger partial charge is 0.497 e. The van der Waals surface area contributed by atoms with Crippen molar-refractivity contribution in [1.82, 2.24) is 5.32 Å². The molecule has 1 aliphatic rings. The van der Waals surface area contributed by atoms with Crippen LogP contribution in [0.1, 0.15) is 51.5 Å². The number of benzene rings is 1. The summed E-state index contributed by atoms with van der Waals surface area (Å²) in [5.41, 5.74) is 0.579. The number of carbonyl (C=O) groups excluding carboxylic acids is 1. The lowest BCUT2D eigenvalue weighted by molar-refractivity contribution is -0.127. The van der Waals surface area contributed by atoms with E-state index < -0.39 is 5.41 Å². The molecule has 2 N–H and O–H groups in total. The number of hydrogen-bond donors (Lipinski definition) is 2. The van der Waals surface area contributed by atoms with Gasteiger partial charge in [-0.05, 0) is 42.9 Å². The van der Waals surface area contributed by atoms with Gasteiger partial charge in [0.2, 0.25) is 5.91 Å². The third kappa shape index (κ3) is 3.86. The van der Waals surface area contributed by atoms with E-state index in [0.29, 0.717) is 12.3 Å². The summed E-state index contributed by atoms with van der Waals surface area (Å²) < 4.78 is 5.33. The van der Waals surface area contributed by atoms with Crippen molar-refractivity contribution in [2.45, 2.75) is 57.4 Å². The molecule has 4 nitrogen and oxygen atoms in total. The number of aliphatic hydroxyl groups excluding tert-OH is 1. The summed E-state index contributed by atoms with van der Waals surface area (Å²) in [4.78, 5) is 13.1. The van der Waals surface area contributed by atoms with Gasteiger partial charge in [0.1, 0.15) is 5.75 Å². The minimum absolute atomic E-state index is 0.00980. The Labute approximate surface area is 139 Å². The van der Waals surface area contributed by atoms with Gasteiger partial charge in [-0.2, -0.15) is 0 Å². The predicted molar refractivity (Wildman–Crippen MR) is 91.6 cm³/mol. The molecule has 1 saturated carbocycles. The highest BCUT2D eigenvalue weighted by atomic mass is 16.5. The number of nitrogens with one attached hydrogen (secondary N) is 1. The summed E-state index contributed by atoms with van der Waals surface area (Å²) in [7, 11) is 1.65. The highest BCUT2D eigenvalue weighted by Gasteiger charge is 2.43. The summed E-state index contributed by atoms with van der Waals surface area (Å²) in [5.74, 6) is 1.18. The Morgan fingerprint density at radius 3 is 2.61 bits per heavy atom. The van der Waals surface area contributed by atoms with Gasteiger partial charge in [-0.15, -0.1) is 0 Å². The molecule has 0 radical (unpaired) electrons. The van der Waals surface area contributed by atoms with Gasteiger partial charge in [0.15, 0.2) is 0 Å². The molecule has 1 fully saturated rings. The van der Waals surface area contributed by atoms with Crippen molar-refractivity contribution < 1.29 is 14.6 Å². The van der Waals surface area contributed by atoms with Crippen LogP contribution in [0.25, 0.3) is 0 Å². The molecule has 1 aromatic rings. The van der Waals surface area contributed by atoms with Crippen LogP contribution in [0.15, 0.2) is 24.3 Å². The maximum absolute atomic E-state index is 13.1. The number of carbonyl (C=O) groups is 1. The molecule has 1 aromatic carbocycles. The van der Waals surface area contributed by atoms with Crippen LogP contribution in [-0.2, 0) is 10.2 Å². The first-order valence-electron chi connectivity index (χ1n) is 8.60. The Hall–Kier alpha value is -1.55. The van der Waals surface area contributed by atoms with E-state index in [4.69, 9.17) is 4.74 Å². The fourth-order valence-electron chi connectivity index (χ4n) is 3.56. The van der Waals surface area contributed by atoms with Crippen molar-refractivity contribution in [3.05, 3.63) is 29.8 Å². The molecule has 0 aromatic heterocycles. The van der Waals surface area contributed by atoms with Crippen LogP contribution < -0.4 is 10.1 Å². The number of aliphatic hydroxyl groups is 1. The quantitative estimate of drug-likeness (QED) is 0.812. The van der Waals surface area contributed by atoms with Gasteiger partial charge in [-0.1, -0.05) is 38.8 Å². The molecule has 1 unspecified atom stereocenters. The van der Waals surface area contributed by atoms with E-state index in [1.54, 1.807) is 7.11 Å². The second-order valence-corrected chi connectivity index (χ2v) is 6.86. The van der Waals surface area contributed by atoms with Crippen molar-refractivity contribution in [3.63, 3.8) is 0 Å². The highest BCUT2D eigenvalue weighted by Crippen LogP contribution is 2.42. The monoisotopic (exact) mass is 319 g/mol. The lowest BCUT2D eigenvalue weighted by Crippen LogP contribution is -2.49. The van der Waals surface area contributed by atoms with Crippen molar-refractivity contribution in [2.75, 3.05) is 13.7 Å². The molecule has 0 aliphatic heterocycles. The normalized spacial score (nSPS) is 18.0. The fraction of sp³-hybridized carbons (Fsp3) is 0.632. The van der Waals surface area contributed by atoms with Crippen LogP contribution in [0.4, 0.5) is 0 Å². The van der Waals surface area contributed by atoms with Crippen molar-refractivity contribution in [1.29, 1.82) is 0 Å². The molecular weight excluding hydrogens is 290 g/mol. The Bertz CT molecular complexity index is 521. The molecule has 1 amide bonds. The lowest BCUT2D eigenvalue weighted by Gasteiger charge is -2.32. The zero-order valence-corrected chi connectivity index (χ0v) is 14.5. The van der Waals surface area contributed by atoms with E-state index >= 15 is 0 Å². The van der Waals surface area contributed by atoms with Crippen molar-refractivity contribution in [2.24, 2.45) is 5.92 Å². The first-order chi connectivity index (χ1) is 11.0. The SMILES string of the molecule is COc1cccc(C2(C(=O)NC(CCO)C(C)C)CCCC2)c1. The number of hydrogen-bond acceptors (Lipinski definition) is 3. The Morgan fingerprint density at radius 1 is 1.35 bits per heavy atom. The number of rotatable bonds is 7. The number of amides is 1. The predicted octanol–water partition coefficient (Wildman–Crippen LogP) is 3.03. The van der Waals surface area contributed by atoms with Gasteiger partial charge in [0.05, 0.1) is 12.5 Å². The Morgan fingerprint density at radius 2 is 2.04 bits per heavy atom. The molecule has 23 heavy (non-hydrogen) atoms. The standard InChI is InChI=1S/C19H29NO3/c1-14(2)17(9-12-21)20-18(22)19(10-4-5-11-19)15-7-6-8-16(13-15)23-3/h6-8,13-14,17,21H,4-5,9-12H2,1-3H3,(H,20,22). The second-order valence-electron chi connectivity index (χ2n) is 6.86. The molecule has 0 spiro atoms. The summed E-state index contributed by atoms with van der Waals surface area (Å²) >= 11 is 0. The van der Waals surface area contributed by atoms with E-state index in [1.807, 2.05) is 24.3 Å². The van der Waals surface area contributed by atoms with Gasteiger partial charge < -0.3 is 15.2 Å². The van der Waals surface area contributed by atoms with E-state index in [2.05, 4.69) is 19.2 Å². The first kappa shape index (κ1) is 17.8. The van der Waals surface area contributed by atoms with Crippen molar-refractivity contribution in [3.8, 4) is 5.75 Å². The molecule has 1 atom stereocenters. The zero-order chi connectivity index (χ0) is 16.9. The lowest BCUT2D eigenvalue weighted by atomic mass is 9.77. The molecule has 0 bridgehead atoms. The molecular formula is C19H29NO3. The van der Waals surface area contributed by atoms with Gasteiger partial charge in [-0.25, -0.2) is 0 Å². The van der Waals surface area contributed by atoms with Gasteiger partial charge in [0, 0.05) is 12.6 Å². The van der Waals surface area contributed by atoms with Crippen LogP contribution >= 0.6 is 0 Å². The summed E-state index contributed by atoms with van der Waals surface area (Å²) in [6.07, 6.45) is 4.47. The van der Waals surface area contributed by atoms with E-state index in [0.717, 1.165) is 37.0 Å². The molecule has 2 rings (SSSR count). The summed E-state index contributed by atoms with van der Waals surface area (Å²) in [6, 6.07) is 7.89. The topological polar surface area (TPSA) is 58.6 Å². The Kier molecular flexibility index (Phi) is 6.05. The van der Waals surface area contributed by atoms with Gasteiger partial charge in [-0.3, -0.25) is 4.79 Å². The minimum Gasteiger partial charge on any atom is -0.497 e. The number of methoxy groups -OCH3 is 1. The van der Waals surface area contributed by atoms with Gasteiger partial charge >= 0.3 is 0 Å². The molecule has 0 saturated heterocycles. The average Bonchev–Trinajstić information content (AvgIpc) is 3.05. The number of ether oxygens (including phenoxy) is 1. The second kappa shape index (κ2) is 7.82. The van der Waals surface area contributed by atoms with Crippen LogP contribution in [-0.4, -0.2) is 30.8 Å². The van der Waals surface area contributed by atoms with Crippen LogP contribution in [0.5, 0.6) is 5.75 Å². The Balaban J connectivity index is 2.27. The third-order valence-electron chi connectivity index (χ3n) is 5.08. The van der Waals surface area contributed by atoms with Crippen molar-refractivity contribution >= 4 is 5.91 Å². The maximum atomic E-state index is 13.1. The minimum atomic E-state index is -0.461. The zero-order valence-electron chi connectivity index (χ0n) is 14.5. The van der Waals surface area contributed by atoms with Crippen LogP contribution in [0, 0.1) is 5.92 Å².